The molecule has 0 radical (unpaired) electrons. The third-order valence-electron chi connectivity index (χ3n) is 4.22. The second-order valence-corrected chi connectivity index (χ2v) is 5.33. The summed E-state index contributed by atoms with van der Waals surface area (Å²) in [5.41, 5.74) is 2.69. The summed E-state index contributed by atoms with van der Waals surface area (Å²) in [4.78, 5) is 11.7. The molecule has 1 aliphatic carbocycles. The summed E-state index contributed by atoms with van der Waals surface area (Å²) in [7, 11) is 0. The predicted octanol–water partition coefficient (Wildman–Crippen LogP) is 3.51. The van der Waals surface area contributed by atoms with Crippen molar-refractivity contribution in [2.75, 3.05) is 0 Å². The third-order valence-corrected chi connectivity index (χ3v) is 4.22. The van der Waals surface area contributed by atoms with Gasteiger partial charge in [-0.3, -0.25) is 4.79 Å². The number of carbonyl (C=O) groups excluding carboxylic acids is 1. The number of rotatable bonds is 3. The molecule has 3 rings (SSSR count). The van der Waals surface area contributed by atoms with Crippen molar-refractivity contribution in [1.82, 2.24) is 0 Å². The molecule has 1 unspecified atom stereocenters. The SMILES string of the molecule is CCCC[C@@]12CC(=O)OC(C1)c1ccccc12. The molecule has 1 saturated heterocycles. The van der Waals surface area contributed by atoms with Crippen molar-refractivity contribution in [2.24, 2.45) is 0 Å². The van der Waals surface area contributed by atoms with Gasteiger partial charge < -0.3 is 4.74 Å². The number of unbranched alkanes of at least 4 members (excludes halogenated alkanes) is 1. The van der Waals surface area contributed by atoms with E-state index in [1.165, 1.54) is 24.0 Å². The molecule has 1 fully saturated rings. The lowest BCUT2D eigenvalue weighted by Gasteiger charge is -2.33. The Hall–Kier alpha value is -1.31. The highest BCUT2D eigenvalue weighted by molar-refractivity contribution is 5.75. The molecule has 0 amide bonds. The Morgan fingerprint density at radius 2 is 2.24 bits per heavy atom. The number of benzene rings is 1. The lowest BCUT2D eigenvalue weighted by Crippen LogP contribution is -2.32. The molecule has 1 heterocycles. The number of hydrogen-bond donors (Lipinski definition) is 0. The number of ether oxygens (including phenoxy) is 1. The minimum atomic E-state index is -0.0199. The summed E-state index contributed by atoms with van der Waals surface area (Å²) in [5.74, 6) is -0.0199. The molecule has 17 heavy (non-hydrogen) atoms. The van der Waals surface area contributed by atoms with E-state index in [2.05, 4.69) is 25.1 Å². The van der Waals surface area contributed by atoms with Crippen LogP contribution in [0.1, 0.15) is 56.3 Å². The third kappa shape index (κ3) is 1.58. The Balaban J connectivity index is 2.03. The second-order valence-electron chi connectivity index (χ2n) is 5.33. The first-order valence-corrected chi connectivity index (χ1v) is 6.54. The van der Waals surface area contributed by atoms with Gasteiger partial charge in [-0.2, -0.15) is 0 Å². The van der Waals surface area contributed by atoms with Gasteiger partial charge in [0.05, 0.1) is 6.42 Å². The Morgan fingerprint density at radius 1 is 1.41 bits per heavy atom. The van der Waals surface area contributed by atoms with Gasteiger partial charge in [-0.25, -0.2) is 0 Å². The lowest BCUT2D eigenvalue weighted by molar-refractivity contribution is -0.156. The molecule has 1 aromatic carbocycles. The minimum absolute atomic E-state index is 0.0179. The van der Waals surface area contributed by atoms with E-state index < -0.39 is 0 Å². The molecule has 2 bridgehead atoms. The Morgan fingerprint density at radius 3 is 3.06 bits per heavy atom. The van der Waals surface area contributed by atoms with E-state index in [1.54, 1.807) is 0 Å². The average Bonchev–Trinajstić information content (AvgIpc) is 2.57. The van der Waals surface area contributed by atoms with Gasteiger partial charge in [-0.1, -0.05) is 44.0 Å². The molecule has 90 valence electrons. The van der Waals surface area contributed by atoms with Gasteiger partial charge in [0.1, 0.15) is 6.10 Å². The highest BCUT2D eigenvalue weighted by Crippen LogP contribution is 2.54. The van der Waals surface area contributed by atoms with Crippen molar-refractivity contribution in [3.63, 3.8) is 0 Å². The first kappa shape index (κ1) is 10.8. The summed E-state index contributed by atoms with van der Waals surface area (Å²) < 4.78 is 5.47. The molecule has 0 N–H and O–H groups in total. The van der Waals surface area contributed by atoms with E-state index in [1.807, 2.05) is 6.07 Å². The van der Waals surface area contributed by atoms with Crippen LogP contribution in [0.15, 0.2) is 24.3 Å². The number of hydrogen-bond acceptors (Lipinski definition) is 2. The van der Waals surface area contributed by atoms with Gasteiger partial charge in [-0.05, 0) is 24.0 Å². The van der Waals surface area contributed by atoms with Gasteiger partial charge in [0.15, 0.2) is 0 Å². The second kappa shape index (κ2) is 3.86. The number of fused-ring (bicyclic) bond motifs is 5. The zero-order valence-corrected chi connectivity index (χ0v) is 10.2. The highest BCUT2D eigenvalue weighted by Gasteiger charge is 2.49. The van der Waals surface area contributed by atoms with Crippen LogP contribution < -0.4 is 0 Å². The Kier molecular flexibility index (Phi) is 2.46. The molecule has 2 atom stereocenters. The van der Waals surface area contributed by atoms with Crippen molar-refractivity contribution in [1.29, 1.82) is 0 Å². The van der Waals surface area contributed by atoms with Crippen LogP contribution in [0.3, 0.4) is 0 Å². The molecule has 2 heteroatoms. The van der Waals surface area contributed by atoms with Crippen LogP contribution in [0.5, 0.6) is 0 Å². The van der Waals surface area contributed by atoms with E-state index in [4.69, 9.17) is 4.74 Å². The molecule has 0 aromatic heterocycles. The first-order chi connectivity index (χ1) is 8.25. The fraction of sp³-hybridized carbons (Fsp3) is 0.533. The zero-order chi connectivity index (χ0) is 11.9. The van der Waals surface area contributed by atoms with Crippen LogP contribution in [0, 0.1) is 0 Å². The molecular weight excluding hydrogens is 212 g/mol. The predicted molar refractivity (Wildman–Crippen MR) is 65.7 cm³/mol. The Labute approximate surface area is 102 Å². The van der Waals surface area contributed by atoms with Crippen LogP contribution in [-0.4, -0.2) is 5.97 Å². The number of esters is 1. The summed E-state index contributed by atoms with van der Waals surface area (Å²) >= 11 is 0. The highest BCUT2D eigenvalue weighted by atomic mass is 16.5. The van der Waals surface area contributed by atoms with Crippen molar-refractivity contribution in [3.05, 3.63) is 35.4 Å². The normalized spacial score (nSPS) is 29.9. The van der Waals surface area contributed by atoms with Crippen LogP contribution in [0.2, 0.25) is 0 Å². The van der Waals surface area contributed by atoms with E-state index in [9.17, 15) is 4.79 Å². The van der Waals surface area contributed by atoms with Crippen molar-refractivity contribution in [2.45, 2.75) is 50.5 Å². The van der Waals surface area contributed by atoms with Crippen LogP contribution in [-0.2, 0) is 14.9 Å². The fourth-order valence-electron chi connectivity index (χ4n) is 3.42. The zero-order valence-electron chi connectivity index (χ0n) is 10.2. The molecule has 1 aliphatic heterocycles. The van der Waals surface area contributed by atoms with Gasteiger partial charge in [-0.15, -0.1) is 0 Å². The van der Waals surface area contributed by atoms with E-state index in [-0.39, 0.29) is 17.5 Å². The molecular formula is C15H18O2. The quantitative estimate of drug-likeness (QED) is 0.743. The van der Waals surface area contributed by atoms with E-state index in [0.29, 0.717) is 6.42 Å². The Bertz CT molecular complexity index is 452. The molecule has 1 aromatic rings. The van der Waals surface area contributed by atoms with Gasteiger partial charge in [0, 0.05) is 5.41 Å². The molecule has 0 saturated carbocycles. The van der Waals surface area contributed by atoms with E-state index >= 15 is 0 Å². The maximum atomic E-state index is 11.7. The van der Waals surface area contributed by atoms with Crippen LogP contribution in [0.25, 0.3) is 0 Å². The maximum Gasteiger partial charge on any atom is 0.307 e. The maximum absolute atomic E-state index is 11.7. The van der Waals surface area contributed by atoms with Gasteiger partial charge in [0.25, 0.3) is 0 Å². The first-order valence-electron chi connectivity index (χ1n) is 6.54. The van der Waals surface area contributed by atoms with Crippen LogP contribution >= 0.6 is 0 Å². The summed E-state index contributed by atoms with van der Waals surface area (Å²) in [6.45, 7) is 2.20. The summed E-state index contributed by atoms with van der Waals surface area (Å²) in [6, 6.07) is 8.43. The monoisotopic (exact) mass is 230 g/mol. The van der Waals surface area contributed by atoms with Crippen molar-refractivity contribution < 1.29 is 9.53 Å². The van der Waals surface area contributed by atoms with Crippen molar-refractivity contribution >= 4 is 5.97 Å². The van der Waals surface area contributed by atoms with Gasteiger partial charge in [0.2, 0.25) is 0 Å². The molecule has 2 aliphatic rings. The van der Waals surface area contributed by atoms with Crippen LogP contribution in [0.4, 0.5) is 0 Å². The summed E-state index contributed by atoms with van der Waals surface area (Å²) in [6.07, 6.45) is 5.08. The molecule has 0 spiro atoms. The summed E-state index contributed by atoms with van der Waals surface area (Å²) in [5, 5.41) is 0. The lowest BCUT2D eigenvalue weighted by atomic mass is 9.74. The number of carbonyl (C=O) groups is 1. The fourth-order valence-corrected chi connectivity index (χ4v) is 3.42. The topological polar surface area (TPSA) is 26.3 Å². The van der Waals surface area contributed by atoms with E-state index in [0.717, 1.165) is 12.8 Å². The molecule has 2 nitrogen and oxygen atoms in total. The largest absolute Gasteiger partial charge is 0.457 e. The smallest absolute Gasteiger partial charge is 0.307 e. The van der Waals surface area contributed by atoms with Gasteiger partial charge >= 0.3 is 5.97 Å². The standard InChI is InChI=1S/C15H18O2/c1-2-3-8-15-9-13(17-14(16)10-15)11-6-4-5-7-12(11)15/h4-7,13H,2-3,8-10H2,1H3/t13?,15-/m0/s1. The average molecular weight is 230 g/mol. The van der Waals surface area contributed by atoms with Crippen molar-refractivity contribution in [3.8, 4) is 0 Å². The minimum Gasteiger partial charge on any atom is -0.457 e.